The molecule has 15 heavy (non-hydrogen) atoms. The lowest BCUT2D eigenvalue weighted by atomic mass is 9.96. The predicted molar refractivity (Wildman–Crippen MR) is 62.7 cm³/mol. The van der Waals surface area contributed by atoms with E-state index in [0.717, 1.165) is 12.2 Å². The second kappa shape index (κ2) is 5.43. The first-order valence-electron chi connectivity index (χ1n) is 5.12. The number of carbonyl (C=O) groups is 1. The van der Waals surface area contributed by atoms with Crippen LogP contribution in [-0.2, 0) is 9.53 Å². The fraction of sp³-hybridized carbons (Fsp3) is 0.727. The first-order chi connectivity index (χ1) is 7.14. The molecule has 1 aliphatic rings. The highest BCUT2D eigenvalue weighted by molar-refractivity contribution is 8.00. The van der Waals surface area contributed by atoms with Crippen LogP contribution >= 0.6 is 11.8 Å². The Morgan fingerprint density at radius 1 is 1.80 bits per heavy atom. The fourth-order valence-corrected chi connectivity index (χ4v) is 3.03. The van der Waals surface area contributed by atoms with Gasteiger partial charge in [0.15, 0.2) is 0 Å². The van der Waals surface area contributed by atoms with Crippen LogP contribution in [0.5, 0.6) is 0 Å². The summed E-state index contributed by atoms with van der Waals surface area (Å²) in [4.78, 5) is 11.9. The van der Waals surface area contributed by atoms with Crippen molar-refractivity contribution in [3.05, 3.63) is 0 Å². The van der Waals surface area contributed by atoms with E-state index in [9.17, 15) is 4.79 Å². The Balaban J connectivity index is 2.69. The molecule has 1 rings (SSSR count). The van der Waals surface area contributed by atoms with E-state index in [2.05, 4.69) is 18.2 Å². The molecule has 0 saturated carbocycles. The summed E-state index contributed by atoms with van der Waals surface area (Å²) in [6.45, 7) is 4.75. The molecule has 1 aliphatic heterocycles. The highest BCUT2D eigenvalue weighted by atomic mass is 32.2. The van der Waals surface area contributed by atoms with Gasteiger partial charge in [-0.25, -0.2) is 0 Å². The third-order valence-electron chi connectivity index (χ3n) is 2.45. The Hall–Kier alpha value is -0.660. The maximum atomic E-state index is 11.9. The second-order valence-electron chi connectivity index (χ2n) is 3.69. The van der Waals surface area contributed by atoms with E-state index in [0.29, 0.717) is 18.4 Å². The molecule has 1 saturated heterocycles. The molecule has 1 fully saturated rings. The quantitative estimate of drug-likeness (QED) is 0.575. The average Bonchev–Trinajstić information content (AvgIpc) is 2.59. The summed E-state index contributed by atoms with van der Waals surface area (Å²) in [5.41, 5.74) is -0.563. The molecule has 0 aromatic rings. The Bertz CT molecular complexity index is 274. The van der Waals surface area contributed by atoms with Crippen molar-refractivity contribution < 1.29 is 9.53 Å². The van der Waals surface area contributed by atoms with Crippen LogP contribution in [0.1, 0.15) is 20.3 Å². The third-order valence-corrected chi connectivity index (χ3v) is 3.84. The molecule has 1 heterocycles. The minimum Gasteiger partial charge on any atom is -0.465 e. The van der Waals surface area contributed by atoms with E-state index >= 15 is 0 Å². The molecule has 0 aromatic heterocycles. The number of nitrogens with one attached hydrogen (secondary N) is 1. The largest absolute Gasteiger partial charge is 0.465 e. The van der Waals surface area contributed by atoms with Crippen LogP contribution in [0.3, 0.4) is 0 Å². The van der Waals surface area contributed by atoms with E-state index in [1.807, 2.05) is 6.92 Å². The molecule has 2 atom stereocenters. The molecule has 2 unspecified atom stereocenters. The monoisotopic (exact) mass is 227 g/mol. The van der Waals surface area contributed by atoms with Crippen molar-refractivity contribution in [2.75, 3.05) is 18.9 Å². The van der Waals surface area contributed by atoms with Gasteiger partial charge in [-0.1, -0.05) is 12.8 Å². The number of hydrogen-bond donors (Lipinski definition) is 1. The molecule has 3 nitrogen and oxygen atoms in total. The van der Waals surface area contributed by atoms with Crippen LogP contribution < -0.4 is 5.32 Å². The third kappa shape index (κ3) is 2.90. The minimum absolute atomic E-state index is 0.169. The molecule has 0 amide bonds. The van der Waals surface area contributed by atoms with E-state index in [-0.39, 0.29) is 5.97 Å². The Morgan fingerprint density at radius 2 is 2.53 bits per heavy atom. The van der Waals surface area contributed by atoms with Gasteiger partial charge in [0.1, 0.15) is 5.54 Å². The van der Waals surface area contributed by atoms with Gasteiger partial charge in [-0.15, -0.1) is 6.42 Å². The summed E-state index contributed by atoms with van der Waals surface area (Å²) in [6, 6.07) is 0. The molecule has 84 valence electrons. The highest BCUT2D eigenvalue weighted by Gasteiger charge is 2.45. The summed E-state index contributed by atoms with van der Waals surface area (Å²) in [6.07, 6.45) is 5.99. The highest BCUT2D eigenvalue weighted by Crippen LogP contribution is 2.35. The van der Waals surface area contributed by atoms with Gasteiger partial charge in [0.25, 0.3) is 0 Å². The van der Waals surface area contributed by atoms with Crippen molar-refractivity contribution in [2.24, 2.45) is 0 Å². The maximum absolute atomic E-state index is 11.9. The van der Waals surface area contributed by atoms with Crippen LogP contribution in [0.4, 0.5) is 0 Å². The molecule has 0 aromatic carbocycles. The summed E-state index contributed by atoms with van der Waals surface area (Å²) >= 11 is 1.78. The Morgan fingerprint density at radius 3 is 3.00 bits per heavy atom. The van der Waals surface area contributed by atoms with E-state index in [1.165, 1.54) is 0 Å². The first kappa shape index (κ1) is 12.4. The van der Waals surface area contributed by atoms with Gasteiger partial charge in [0.05, 0.1) is 13.2 Å². The average molecular weight is 227 g/mol. The first-order valence-corrected chi connectivity index (χ1v) is 6.17. The van der Waals surface area contributed by atoms with Crippen LogP contribution in [0.25, 0.3) is 0 Å². The molecule has 0 aliphatic carbocycles. The van der Waals surface area contributed by atoms with Gasteiger partial charge in [0, 0.05) is 11.0 Å². The van der Waals surface area contributed by atoms with Crippen LogP contribution in [-0.4, -0.2) is 35.7 Å². The molecule has 0 spiro atoms. The smallest absolute Gasteiger partial charge is 0.327 e. The van der Waals surface area contributed by atoms with Crippen molar-refractivity contribution in [3.63, 3.8) is 0 Å². The van der Waals surface area contributed by atoms with Gasteiger partial charge in [-0.2, -0.15) is 11.8 Å². The zero-order chi connectivity index (χ0) is 11.3. The second-order valence-corrected chi connectivity index (χ2v) is 5.11. The molecule has 0 bridgehead atoms. The van der Waals surface area contributed by atoms with Gasteiger partial charge in [0.2, 0.25) is 0 Å². The van der Waals surface area contributed by atoms with Crippen molar-refractivity contribution >= 4 is 17.7 Å². The maximum Gasteiger partial charge on any atom is 0.327 e. The number of rotatable bonds is 4. The molecular weight excluding hydrogens is 210 g/mol. The van der Waals surface area contributed by atoms with Crippen LogP contribution in [0.15, 0.2) is 0 Å². The summed E-state index contributed by atoms with van der Waals surface area (Å²) in [5, 5.41) is 3.60. The normalized spacial score (nSPS) is 29.8. The van der Waals surface area contributed by atoms with Crippen molar-refractivity contribution in [1.82, 2.24) is 5.32 Å². The van der Waals surface area contributed by atoms with Gasteiger partial charge >= 0.3 is 5.97 Å². The molecule has 4 heteroatoms. The molecule has 1 N–H and O–H groups in total. The van der Waals surface area contributed by atoms with Crippen LogP contribution in [0, 0.1) is 12.3 Å². The van der Waals surface area contributed by atoms with Gasteiger partial charge in [-0.3, -0.25) is 10.1 Å². The van der Waals surface area contributed by atoms with Crippen molar-refractivity contribution in [1.29, 1.82) is 0 Å². The number of thioether (sulfide) groups is 1. The minimum atomic E-state index is -0.563. The van der Waals surface area contributed by atoms with Crippen molar-refractivity contribution in [2.45, 2.75) is 31.1 Å². The Kier molecular flexibility index (Phi) is 4.49. The van der Waals surface area contributed by atoms with Gasteiger partial charge < -0.3 is 4.74 Å². The number of hydrogen-bond acceptors (Lipinski definition) is 4. The lowest BCUT2D eigenvalue weighted by Gasteiger charge is -2.26. The predicted octanol–water partition coefficient (Wildman–Crippen LogP) is 1.04. The number of ether oxygens (including phenoxy) is 1. The van der Waals surface area contributed by atoms with E-state index in [4.69, 9.17) is 11.2 Å². The molecule has 0 radical (unpaired) electrons. The summed E-state index contributed by atoms with van der Waals surface area (Å²) in [5.74, 6) is 3.08. The lowest BCUT2D eigenvalue weighted by Crippen LogP contribution is -2.53. The number of esters is 1. The standard InChI is InChI=1S/C11H17NO2S/c1-4-6-12-11(10(13)14-5-2)7-9(3)15-8-11/h1,9,12H,5-8H2,2-3H3. The SMILES string of the molecule is C#CCNC1(C(=O)OCC)CSC(C)C1. The van der Waals surface area contributed by atoms with Crippen molar-refractivity contribution in [3.8, 4) is 12.3 Å². The Labute approximate surface area is 95.3 Å². The summed E-state index contributed by atoms with van der Waals surface area (Å²) < 4.78 is 5.09. The zero-order valence-corrected chi connectivity index (χ0v) is 10.0. The zero-order valence-electron chi connectivity index (χ0n) is 9.21. The summed E-state index contributed by atoms with van der Waals surface area (Å²) in [7, 11) is 0. The fourth-order valence-electron chi connectivity index (χ4n) is 1.72. The molecular formula is C11H17NO2S. The van der Waals surface area contributed by atoms with Crippen LogP contribution in [0.2, 0.25) is 0 Å². The van der Waals surface area contributed by atoms with E-state index in [1.54, 1.807) is 11.8 Å². The number of terminal acetylenes is 1. The van der Waals surface area contributed by atoms with Gasteiger partial charge in [-0.05, 0) is 13.3 Å². The topological polar surface area (TPSA) is 38.3 Å². The van der Waals surface area contributed by atoms with E-state index < -0.39 is 5.54 Å². The number of carbonyl (C=O) groups excluding carboxylic acids is 1. The lowest BCUT2D eigenvalue weighted by molar-refractivity contribution is -0.150.